The van der Waals surface area contributed by atoms with Gasteiger partial charge in [0, 0.05) is 13.1 Å². The molecule has 0 fully saturated rings. The number of carbonyl (C=O) groups is 1. The zero-order valence-corrected chi connectivity index (χ0v) is 13.8. The summed E-state index contributed by atoms with van der Waals surface area (Å²) in [6, 6.07) is 12.1. The predicted molar refractivity (Wildman–Crippen MR) is 87.5 cm³/mol. The number of nitriles is 1. The second-order valence-corrected chi connectivity index (χ2v) is 5.39. The zero-order chi connectivity index (χ0) is 16.4. The number of hydrogen-bond acceptors (Lipinski definition) is 3. The van der Waals surface area contributed by atoms with E-state index in [-0.39, 0.29) is 6.09 Å². The van der Waals surface area contributed by atoms with Gasteiger partial charge in [0.2, 0.25) is 0 Å². The Labute approximate surface area is 133 Å². The molecule has 0 aliphatic carbocycles. The van der Waals surface area contributed by atoms with E-state index in [0.29, 0.717) is 26.1 Å². The van der Waals surface area contributed by atoms with Crippen LogP contribution in [0.2, 0.25) is 0 Å². The van der Waals surface area contributed by atoms with Gasteiger partial charge in [0.25, 0.3) is 0 Å². The van der Waals surface area contributed by atoms with Crippen molar-refractivity contribution >= 4 is 6.09 Å². The van der Waals surface area contributed by atoms with E-state index in [1.54, 1.807) is 11.8 Å². The van der Waals surface area contributed by atoms with Crippen LogP contribution in [0.5, 0.6) is 0 Å². The molecule has 1 rings (SSSR count). The number of hydrogen-bond donors (Lipinski definition) is 0. The van der Waals surface area contributed by atoms with Crippen LogP contribution in [0.25, 0.3) is 0 Å². The van der Waals surface area contributed by atoms with Crippen molar-refractivity contribution in [2.24, 2.45) is 0 Å². The molecule has 4 heteroatoms. The SMILES string of the molecule is CCCCN(CC(C#N)(CC)c1ccccc1)C(=O)OCC. The van der Waals surface area contributed by atoms with Gasteiger partial charge in [0.05, 0.1) is 18.1 Å². The molecular weight excluding hydrogens is 276 g/mol. The van der Waals surface area contributed by atoms with Gasteiger partial charge in [0.15, 0.2) is 0 Å². The fourth-order valence-electron chi connectivity index (χ4n) is 2.47. The van der Waals surface area contributed by atoms with Gasteiger partial charge in [-0.15, -0.1) is 0 Å². The molecule has 1 aromatic carbocycles. The Bertz CT molecular complexity index is 496. The van der Waals surface area contributed by atoms with Crippen LogP contribution in [0, 0.1) is 11.3 Å². The minimum Gasteiger partial charge on any atom is -0.450 e. The summed E-state index contributed by atoms with van der Waals surface area (Å²) in [6.07, 6.45) is 2.21. The van der Waals surface area contributed by atoms with E-state index >= 15 is 0 Å². The van der Waals surface area contributed by atoms with Crippen molar-refractivity contribution in [3.63, 3.8) is 0 Å². The summed E-state index contributed by atoms with van der Waals surface area (Å²) in [5.41, 5.74) is 0.257. The van der Waals surface area contributed by atoms with Crippen molar-refractivity contribution in [1.29, 1.82) is 5.26 Å². The lowest BCUT2D eigenvalue weighted by Gasteiger charge is -2.32. The highest BCUT2D eigenvalue weighted by Crippen LogP contribution is 2.29. The Kier molecular flexibility index (Phi) is 7.45. The van der Waals surface area contributed by atoms with Crippen LogP contribution >= 0.6 is 0 Å². The zero-order valence-electron chi connectivity index (χ0n) is 13.8. The first-order valence-corrected chi connectivity index (χ1v) is 8.02. The summed E-state index contributed by atoms with van der Waals surface area (Å²) in [6.45, 7) is 7.19. The van der Waals surface area contributed by atoms with E-state index in [9.17, 15) is 10.1 Å². The number of nitrogens with zero attached hydrogens (tertiary/aromatic N) is 2. The van der Waals surface area contributed by atoms with Crippen LogP contribution < -0.4 is 0 Å². The highest BCUT2D eigenvalue weighted by molar-refractivity contribution is 5.68. The van der Waals surface area contributed by atoms with Gasteiger partial charge >= 0.3 is 6.09 Å². The molecule has 4 nitrogen and oxygen atoms in total. The van der Waals surface area contributed by atoms with Crippen molar-refractivity contribution in [2.45, 2.75) is 45.4 Å². The fraction of sp³-hybridized carbons (Fsp3) is 0.556. The lowest BCUT2D eigenvalue weighted by molar-refractivity contribution is 0.0997. The third kappa shape index (κ3) is 4.49. The topological polar surface area (TPSA) is 53.3 Å². The van der Waals surface area contributed by atoms with Crippen LogP contribution in [0.3, 0.4) is 0 Å². The Hall–Kier alpha value is -2.02. The van der Waals surface area contributed by atoms with E-state index < -0.39 is 5.41 Å². The maximum Gasteiger partial charge on any atom is 0.409 e. The summed E-state index contributed by atoms with van der Waals surface area (Å²) < 4.78 is 5.15. The molecule has 1 unspecified atom stereocenters. The van der Waals surface area contributed by atoms with E-state index in [1.165, 1.54) is 0 Å². The van der Waals surface area contributed by atoms with E-state index in [2.05, 4.69) is 13.0 Å². The highest BCUT2D eigenvalue weighted by Gasteiger charge is 2.34. The molecule has 0 aliphatic rings. The predicted octanol–water partition coefficient (Wildman–Crippen LogP) is 4.12. The number of ether oxygens (including phenoxy) is 1. The fourth-order valence-corrected chi connectivity index (χ4v) is 2.47. The van der Waals surface area contributed by atoms with Gasteiger partial charge in [-0.25, -0.2) is 4.79 Å². The molecule has 0 aromatic heterocycles. The van der Waals surface area contributed by atoms with Gasteiger partial charge in [-0.2, -0.15) is 5.26 Å². The largest absolute Gasteiger partial charge is 0.450 e. The molecular formula is C18H26N2O2. The van der Waals surface area contributed by atoms with Gasteiger partial charge in [-0.3, -0.25) is 0 Å². The van der Waals surface area contributed by atoms with Crippen LogP contribution in [-0.2, 0) is 10.2 Å². The summed E-state index contributed by atoms with van der Waals surface area (Å²) in [4.78, 5) is 13.9. The Morgan fingerprint density at radius 1 is 1.27 bits per heavy atom. The van der Waals surface area contributed by atoms with Crippen molar-refractivity contribution < 1.29 is 9.53 Å². The van der Waals surface area contributed by atoms with Crippen molar-refractivity contribution in [3.05, 3.63) is 35.9 Å². The average Bonchev–Trinajstić information content (AvgIpc) is 2.56. The van der Waals surface area contributed by atoms with E-state index in [0.717, 1.165) is 18.4 Å². The first-order chi connectivity index (χ1) is 10.6. The van der Waals surface area contributed by atoms with Crippen molar-refractivity contribution in [3.8, 4) is 6.07 Å². The minimum absolute atomic E-state index is 0.333. The molecule has 1 aromatic rings. The van der Waals surface area contributed by atoms with Crippen molar-refractivity contribution in [1.82, 2.24) is 4.90 Å². The number of carbonyl (C=O) groups excluding carboxylic acids is 1. The molecule has 0 bridgehead atoms. The molecule has 0 heterocycles. The lowest BCUT2D eigenvalue weighted by atomic mass is 9.79. The Balaban J connectivity index is 3.03. The van der Waals surface area contributed by atoms with E-state index in [1.807, 2.05) is 37.3 Å². The molecule has 0 spiro atoms. The summed E-state index contributed by atoms with van der Waals surface area (Å²) >= 11 is 0. The van der Waals surface area contributed by atoms with Gasteiger partial charge in [-0.1, -0.05) is 50.6 Å². The number of rotatable bonds is 8. The third-order valence-electron chi connectivity index (χ3n) is 3.91. The van der Waals surface area contributed by atoms with Crippen LogP contribution in [0.15, 0.2) is 30.3 Å². The number of unbranched alkanes of at least 4 members (excludes halogenated alkanes) is 1. The second-order valence-electron chi connectivity index (χ2n) is 5.39. The second kappa shape index (κ2) is 9.09. The monoisotopic (exact) mass is 302 g/mol. The Morgan fingerprint density at radius 3 is 2.45 bits per heavy atom. The number of amides is 1. The van der Waals surface area contributed by atoms with Gasteiger partial charge in [-0.05, 0) is 25.3 Å². The maximum absolute atomic E-state index is 12.2. The van der Waals surface area contributed by atoms with Gasteiger partial charge < -0.3 is 9.64 Å². The quantitative estimate of drug-likeness (QED) is 0.726. The Morgan fingerprint density at radius 2 is 1.95 bits per heavy atom. The summed E-state index contributed by atoms with van der Waals surface area (Å²) in [5.74, 6) is 0. The standard InChI is InChI=1S/C18H26N2O2/c1-4-7-13-20(17(21)22-6-3)15-18(5-2,14-19)16-11-9-8-10-12-16/h8-12H,4-7,13,15H2,1-3H3. The number of benzene rings is 1. The minimum atomic E-state index is -0.693. The molecule has 0 aliphatic heterocycles. The smallest absolute Gasteiger partial charge is 0.409 e. The molecule has 1 amide bonds. The third-order valence-corrected chi connectivity index (χ3v) is 3.91. The first kappa shape index (κ1) is 18.0. The maximum atomic E-state index is 12.2. The molecule has 0 saturated carbocycles. The normalized spacial score (nSPS) is 13.0. The van der Waals surface area contributed by atoms with Crippen molar-refractivity contribution in [2.75, 3.05) is 19.7 Å². The molecule has 22 heavy (non-hydrogen) atoms. The van der Waals surface area contributed by atoms with Crippen LogP contribution in [0.4, 0.5) is 4.79 Å². The van der Waals surface area contributed by atoms with Crippen LogP contribution in [-0.4, -0.2) is 30.7 Å². The van der Waals surface area contributed by atoms with Crippen LogP contribution in [0.1, 0.15) is 45.6 Å². The highest BCUT2D eigenvalue weighted by atomic mass is 16.6. The van der Waals surface area contributed by atoms with E-state index in [4.69, 9.17) is 4.74 Å². The summed E-state index contributed by atoms with van der Waals surface area (Å²) in [5, 5.41) is 9.79. The molecule has 0 saturated heterocycles. The molecule has 1 atom stereocenters. The van der Waals surface area contributed by atoms with Gasteiger partial charge in [0.1, 0.15) is 0 Å². The first-order valence-electron chi connectivity index (χ1n) is 8.02. The summed E-state index contributed by atoms with van der Waals surface area (Å²) in [7, 11) is 0. The molecule has 0 radical (unpaired) electrons. The average molecular weight is 302 g/mol. The molecule has 0 N–H and O–H groups in total. The lowest BCUT2D eigenvalue weighted by Crippen LogP contribution is -2.43. The molecule has 120 valence electrons.